The van der Waals surface area contributed by atoms with Crippen molar-refractivity contribution < 1.29 is 10.0 Å². The van der Waals surface area contributed by atoms with E-state index in [2.05, 4.69) is 12.1 Å². The van der Waals surface area contributed by atoms with Gasteiger partial charge in [0.2, 0.25) is 0 Å². The van der Waals surface area contributed by atoms with E-state index in [0.29, 0.717) is 0 Å². The van der Waals surface area contributed by atoms with Crippen LogP contribution in [0, 0.1) is 0 Å². The molecule has 1 fully saturated rings. The van der Waals surface area contributed by atoms with Gasteiger partial charge in [-0.2, -0.15) is 0 Å². The highest BCUT2D eigenvalue weighted by Crippen LogP contribution is 2.51. The van der Waals surface area contributed by atoms with Crippen LogP contribution in [0.2, 0.25) is 0 Å². The molecule has 0 saturated carbocycles. The zero-order chi connectivity index (χ0) is 16.4. The van der Waals surface area contributed by atoms with E-state index in [1.807, 2.05) is 78.9 Å². The first-order valence-electron chi connectivity index (χ1n) is 8.14. The Morgan fingerprint density at radius 1 is 0.625 bits per heavy atom. The third-order valence-corrected chi connectivity index (χ3v) is 4.58. The molecule has 3 aromatic carbocycles. The van der Waals surface area contributed by atoms with E-state index in [4.69, 9.17) is 4.84 Å². The van der Waals surface area contributed by atoms with E-state index >= 15 is 0 Å². The maximum absolute atomic E-state index is 10.5. The Morgan fingerprint density at radius 3 is 1.62 bits per heavy atom. The van der Waals surface area contributed by atoms with Crippen LogP contribution in [-0.4, -0.2) is 10.4 Å². The van der Waals surface area contributed by atoms with Crippen molar-refractivity contribution in [3.05, 3.63) is 108 Å². The van der Waals surface area contributed by atoms with Gasteiger partial charge in [0.1, 0.15) is 6.10 Å². The van der Waals surface area contributed by atoms with Gasteiger partial charge in [-0.05, 0) is 16.7 Å². The third-order valence-electron chi connectivity index (χ3n) is 4.58. The van der Waals surface area contributed by atoms with Crippen LogP contribution in [0.15, 0.2) is 91.0 Å². The summed E-state index contributed by atoms with van der Waals surface area (Å²) in [6, 6.07) is 30.1. The lowest BCUT2D eigenvalue weighted by molar-refractivity contribution is -0.345. The zero-order valence-corrected chi connectivity index (χ0v) is 13.2. The third kappa shape index (κ3) is 2.74. The number of hydroxylamine groups is 2. The molecule has 0 spiro atoms. The number of hydrogen-bond acceptors (Lipinski definition) is 3. The summed E-state index contributed by atoms with van der Waals surface area (Å²) in [5, 5.41) is 11.5. The van der Waals surface area contributed by atoms with Crippen molar-refractivity contribution >= 4 is 0 Å². The van der Waals surface area contributed by atoms with Crippen LogP contribution in [0.3, 0.4) is 0 Å². The second-order valence-corrected chi connectivity index (χ2v) is 6.03. The fourth-order valence-corrected chi connectivity index (χ4v) is 3.48. The first kappa shape index (κ1) is 15.1. The van der Waals surface area contributed by atoms with Crippen molar-refractivity contribution in [2.75, 3.05) is 0 Å². The lowest BCUT2D eigenvalue weighted by Crippen LogP contribution is -2.20. The summed E-state index contributed by atoms with van der Waals surface area (Å²) in [5.41, 5.74) is 3.24. The second-order valence-electron chi connectivity index (χ2n) is 6.03. The maximum Gasteiger partial charge on any atom is 0.116 e. The van der Waals surface area contributed by atoms with Gasteiger partial charge >= 0.3 is 0 Å². The van der Waals surface area contributed by atoms with Crippen LogP contribution >= 0.6 is 0 Å². The van der Waals surface area contributed by atoms with Gasteiger partial charge in [0, 0.05) is 5.92 Å². The molecule has 0 amide bonds. The lowest BCUT2D eigenvalue weighted by atomic mass is 9.82. The SMILES string of the molecule is ON1OC(c2ccccc2)C(c2ccccc2)C1c1ccccc1. The van der Waals surface area contributed by atoms with E-state index in [9.17, 15) is 5.21 Å². The molecule has 0 aliphatic carbocycles. The largest absolute Gasteiger partial charge is 0.289 e. The number of rotatable bonds is 3. The van der Waals surface area contributed by atoms with Crippen molar-refractivity contribution in [3.8, 4) is 0 Å². The number of hydrogen-bond donors (Lipinski definition) is 1. The van der Waals surface area contributed by atoms with Crippen LogP contribution < -0.4 is 0 Å². The Morgan fingerprint density at radius 2 is 1.08 bits per heavy atom. The van der Waals surface area contributed by atoms with E-state index in [0.717, 1.165) is 21.9 Å². The molecule has 3 aromatic rings. The molecule has 120 valence electrons. The van der Waals surface area contributed by atoms with Crippen molar-refractivity contribution in [2.24, 2.45) is 0 Å². The molecule has 0 bridgehead atoms. The molecule has 3 nitrogen and oxygen atoms in total. The Bertz CT molecular complexity index is 777. The minimum absolute atomic E-state index is 0.000926. The van der Waals surface area contributed by atoms with E-state index in [1.54, 1.807) is 0 Å². The summed E-state index contributed by atoms with van der Waals surface area (Å²) in [6.07, 6.45) is -0.233. The number of benzene rings is 3. The van der Waals surface area contributed by atoms with Crippen molar-refractivity contribution in [1.29, 1.82) is 0 Å². The number of nitrogens with zero attached hydrogens (tertiary/aromatic N) is 1. The van der Waals surface area contributed by atoms with Crippen LogP contribution in [-0.2, 0) is 4.84 Å². The fourth-order valence-electron chi connectivity index (χ4n) is 3.48. The first-order valence-corrected chi connectivity index (χ1v) is 8.14. The van der Waals surface area contributed by atoms with Crippen molar-refractivity contribution in [1.82, 2.24) is 5.23 Å². The van der Waals surface area contributed by atoms with Gasteiger partial charge in [-0.3, -0.25) is 10.0 Å². The van der Waals surface area contributed by atoms with Gasteiger partial charge in [0.05, 0.1) is 6.04 Å². The molecule has 1 heterocycles. The molecule has 0 aromatic heterocycles. The van der Waals surface area contributed by atoms with Crippen LogP contribution in [0.4, 0.5) is 0 Å². The predicted octanol–water partition coefficient (Wildman–Crippen LogP) is 4.89. The Balaban J connectivity index is 1.81. The van der Waals surface area contributed by atoms with Gasteiger partial charge in [0.15, 0.2) is 0 Å². The molecule has 4 rings (SSSR count). The van der Waals surface area contributed by atoms with Crippen LogP contribution in [0.1, 0.15) is 34.8 Å². The van der Waals surface area contributed by atoms with Gasteiger partial charge in [-0.1, -0.05) is 96.2 Å². The quantitative estimate of drug-likeness (QED) is 0.746. The minimum Gasteiger partial charge on any atom is -0.289 e. The summed E-state index contributed by atoms with van der Waals surface area (Å²) in [4.78, 5) is 5.87. The second kappa shape index (κ2) is 6.57. The minimum atomic E-state index is -0.251. The summed E-state index contributed by atoms with van der Waals surface area (Å²) in [6.45, 7) is 0. The van der Waals surface area contributed by atoms with E-state index in [1.165, 1.54) is 0 Å². The Labute approximate surface area is 141 Å². The molecule has 1 aliphatic heterocycles. The molecule has 24 heavy (non-hydrogen) atoms. The summed E-state index contributed by atoms with van der Waals surface area (Å²) in [5.74, 6) is 0.000926. The molecule has 1 aliphatic rings. The molecule has 3 heteroatoms. The van der Waals surface area contributed by atoms with Gasteiger partial charge in [0.25, 0.3) is 0 Å². The zero-order valence-electron chi connectivity index (χ0n) is 13.2. The van der Waals surface area contributed by atoms with E-state index in [-0.39, 0.29) is 18.1 Å². The Hall–Kier alpha value is -2.46. The average Bonchev–Trinajstić information content (AvgIpc) is 3.01. The van der Waals surface area contributed by atoms with Crippen LogP contribution in [0.5, 0.6) is 0 Å². The first-order chi connectivity index (χ1) is 11.8. The molecule has 0 radical (unpaired) electrons. The molecule has 3 unspecified atom stereocenters. The topological polar surface area (TPSA) is 32.7 Å². The predicted molar refractivity (Wildman–Crippen MR) is 92.3 cm³/mol. The maximum atomic E-state index is 10.5. The fraction of sp³-hybridized carbons (Fsp3) is 0.143. The highest BCUT2D eigenvalue weighted by molar-refractivity contribution is 5.33. The van der Waals surface area contributed by atoms with Gasteiger partial charge < -0.3 is 0 Å². The highest BCUT2D eigenvalue weighted by atomic mass is 16.9. The molecule has 1 saturated heterocycles. The summed E-state index contributed by atoms with van der Waals surface area (Å²) < 4.78 is 0. The molecule has 3 atom stereocenters. The van der Waals surface area contributed by atoms with Gasteiger partial charge in [-0.15, -0.1) is 0 Å². The monoisotopic (exact) mass is 317 g/mol. The standard InChI is InChI=1S/C21H19NO2/c23-22-20(17-12-6-2-7-13-17)19(16-10-4-1-5-11-16)21(24-22)18-14-8-3-9-15-18/h1-15,19-21,23H. The normalized spacial score (nSPS) is 24.1. The van der Waals surface area contributed by atoms with Crippen LogP contribution in [0.25, 0.3) is 0 Å². The van der Waals surface area contributed by atoms with Crippen molar-refractivity contribution in [2.45, 2.75) is 18.1 Å². The summed E-state index contributed by atoms with van der Waals surface area (Å²) in [7, 11) is 0. The van der Waals surface area contributed by atoms with Gasteiger partial charge in [-0.25, -0.2) is 0 Å². The van der Waals surface area contributed by atoms with Crippen molar-refractivity contribution in [3.63, 3.8) is 0 Å². The van der Waals surface area contributed by atoms with E-state index < -0.39 is 0 Å². The average molecular weight is 317 g/mol. The lowest BCUT2D eigenvalue weighted by Gasteiger charge is -2.23. The Kier molecular flexibility index (Phi) is 4.13. The highest BCUT2D eigenvalue weighted by Gasteiger charge is 2.45. The smallest absolute Gasteiger partial charge is 0.116 e. The molecule has 1 N–H and O–H groups in total. The molecular weight excluding hydrogens is 298 g/mol. The summed E-state index contributed by atoms with van der Waals surface area (Å²) >= 11 is 0. The molecular formula is C21H19NO2.